The Labute approximate surface area is 115 Å². The third kappa shape index (κ3) is 5.20. The molecule has 1 heterocycles. The first-order valence-corrected chi connectivity index (χ1v) is 8.59. The van der Waals surface area contributed by atoms with Crippen LogP contribution in [0.5, 0.6) is 5.75 Å². The van der Waals surface area contributed by atoms with E-state index >= 15 is 0 Å². The molecule has 1 N–H and O–H groups in total. The van der Waals surface area contributed by atoms with Crippen LogP contribution < -0.4 is 10.1 Å². The third-order valence-corrected chi connectivity index (χ3v) is 5.04. The highest BCUT2D eigenvalue weighted by Gasteiger charge is 2.22. The van der Waals surface area contributed by atoms with Crippen molar-refractivity contribution in [2.45, 2.75) is 25.3 Å². The highest BCUT2D eigenvalue weighted by atomic mass is 32.2. The maximum Gasteiger partial charge on any atom is 0.150 e. The second kappa shape index (κ2) is 6.91. The van der Waals surface area contributed by atoms with Gasteiger partial charge in [-0.05, 0) is 37.9 Å². The summed E-state index contributed by atoms with van der Waals surface area (Å²) < 4.78 is 28.2. The van der Waals surface area contributed by atoms with Crippen molar-refractivity contribution >= 4 is 9.84 Å². The number of para-hydroxylation sites is 1. The normalized spacial score (nSPS) is 19.2. The fourth-order valence-corrected chi connectivity index (χ4v) is 3.67. The molecule has 1 saturated heterocycles. The molecule has 1 aromatic rings. The summed E-state index contributed by atoms with van der Waals surface area (Å²) >= 11 is 0. The van der Waals surface area contributed by atoms with E-state index in [9.17, 15) is 8.42 Å². The summed E-state index contributed by atoms with van der Waals surface area (Å²) in [4.78, 5) is 0. The number of sulfone groups is 1. The summed E-state index contributed by atoms with van der Waals surface area (Å²) in [5.41, 5.74) is 0. The summed E-state index contributed by atoms with van der Waals surface area (Å²) in [6.45, 7) is 1.56. The van der Waals surface area contributed by atoms with E-state index in [1.165, 1.54) is 0 Å². The molecule has 0 aliphatic carbocycles. The Bertz CT molecular complexity index is 459. The molecule has 0 spiro atoms. The fourth-order valence-electron chi connectivity index (χ4n) is 2.18. The highest BCUT2D eigenvalue weighted by molar-refractivity contribution is 7.91. The van der Waals surface area contributed by atoms with Gasteiger partial charge in [-0.2, -0.15) is 0 Å². The van der Waals surface area contributed by atoms with Crippen LogP contribution in [0.4, 0.5) is 0 Å². The van der Waals surface area contributed by atoms with Gasteiger partial charge >= 0.3 is 0 Å². The van der Waals surface area contributed by atoms with Crippen molar-refractivity contribution < 1.29 is 13.2 Å². The van der Waals surface area contributed by atoms with E-state index < -0.39 is 9.84 Å². The van der Waals surface area contributed by atoms with Crippen LogP contribution in [-0.2, 0) is 9.84 Å². The van der Waals surface area contributed by atoms with Gasteiger partial charge in [-0.25, -0.2) is 8.42 Å². The minimum absolute atomic E-state index is 0.325. The van der Waals surface area contributed by atoms with Crippen molar-refractivity contribution in [2.75, 3.05) is 24.7 Å². The van der Waals surface area contributed by atoms with Gasteiger partial charge in [0.05, 0.1) is 18.1 Å². The van der Waals surface area contributed by atoms with Crippen LogP contribution in [0.3, 0.4) is 0 Å². The molecule has 0 atom stereocenters. The van der Waals surface area contributed by atoms with Crippen molar-refractivity contribution in [1.82, 2.24) is 5.32 Å². The van der Waals surface area contributed by atoms with Crippen molar-refractivity contribution in [3.05, 3.63) is 30.3 Å². The fraction of sp³-hybridized carbons (Fsp3) is 0.571. The third-order valence-electron chi connectivity index (χ3n) is 3.32. The molecule has 1 aliphatic rings. The molecule has 4 nitrogen and oxygen atoms in total. The lowest BCUT2D eigenvalue weighted by Crippen LogP contribution is -2.38. The van der Waals surface area contributed by atoms with Gasteiger partial charge in [0.25, 0.3) is 0 Å². The highest BCUT2D eigenvalue weighted by Crippen LogP contribution is 2.12. The van der Waals surface area contributed by atoms with Crippen LogP contribution in [0.15, 0.2) is 30.3 Å². The van der Waals surface area contributed by atoms with Crippen molar-refractivity contribution in [3.63, 3.8) is 0 Å². The maximum atomic E-state index is 11.3. The van der Waals surface area contributed by atoms with Gasteiger partial charge < -0.3 is 10.1 Å². The van der Waals surface area contributed by atoms with Crippen LogP contribution in [0.2, 0.25) is 0 Å². The van der Waals surface area contributed by atoms with Crippen molar-refractivity contribution in [1.29, 1.82) is 0 Å². The molecule has 0 unspecified atom stereocenters. The molecule has 0 saturated carbocycles. The smallest absolute Gasteiger partial charge is 0.150 e. The zero-order chi connectivity index (χ0) is 13.6. The van der Waals surface area contributed by atoms with Gasteiger partial charge in [0, 0.05) is 6.04 Å². The van der Waals surface area contributed by atoms with Crippen LogP contribution in [0.25, 0.3) is 0 Å². The molecule has 0 aromatic heterocycles. The Balaban J connectivity index is 1.55. The van der Waals surface area contributed by atoms with Crippen LogP contribution in [0, 0.1) is 0 Å². The minimum Gasteiger partial charge on any atom is -0.494 e. The van der Waals surface area contributed by atoms with Crippen LogP contribution >= 0.6 is 0 Å². The zero-order valence-corrected chi connectivity index (χ0v) is 11.9. The first-order chi connectivity index (χ1) is 9.16. The number of ether oxygens (including phenoxy) is 1. The molecule has 1 aliphatic heterocycles. The second-order valence-electron chi connectivity index (χ2n) is 4.90. The Morgan fingerprint density at radius 1 is 1.16 bits per heavy atom. The SMILES string of the molecule is O=S1(=O)CCC(NCCCOc2ccccc2)CC1. The quantitative estimate of drug-likeness (QED) is 0.806. The first kappa shape index (κ1) is 14.3. The van der Waals surface area contributed by atoms with Gasteiger partial charge in [-0.3, -0.25) is 0 Å². The summed E-state index contributed by atoms with van der Waals surface area (Å²) in [7, 11) is -2.75. The van der Waals surface area contributed by atoms with Crippen molar-refractivity contribution in [3.8, 4) is 5.75 Å². The largest absolute Gasteiger partial charge is 0.494 e. The van der Waals surface area contributed by atoms with Crippen LogP contribution in [0.1, 0.15) is 19.3 Å². The second-order valence-corrected chi connectivity index (χ2v) is 7.20. The minimum atomic E-state index is -2.75. The van der Waals surface area contributed by atoms with Gasteiger partial charge in [0.2, 0.25) is 0 Å². The van der Waals surface area contributed by atoms with Gasteiger partial charge in [-0.15, -0.1) is 0 Å². The Morgan fingerprint density at radius 2 is 1.84 bits per heavy atom. The van der Waals surface area contributed by atoms with E-state index in [-0.39, 0.29) is 0 Å². The average Bonchev–Trinajstić information content (AvgIpc) is 2.41. The van der Waals surface area contributed by atoms with E-state index in [1.807, 2.05) is 30.3 Å². The molecule has 0 bridgehead atoms. The molecule has 0 amide bonds. The van der Waals surface area contributed by atoms with Crippen molar-refractivity contribution in [2.24, 2.45) is 0 Å². The van der Waals surface area contributed by atoms with Gasteiger partial charge in [0.15, 0.2) is 0 Å². The standard InChI is InChI=1S/C14H21NO3S/c16-19(17)11-7-13(8-12-19)15-9-4-10-18-14-5-2-1-3-6-14/h1-3,5-6,13,15H,4,7-12H2. The lowest BCUT2D eigenvalue weighted by atomic mass is 10.1. The summed E-state index contributed by atoms with van der Waals surface area (Å²) in [6, 6.07) is 10.1. The molecule has 19 heavy (non-hydrogen) atoms. The molecule has 5 heteroatoms. The molecule has 106 valence electrons. The molecule has 2 rings (SSSR count). The van der Waals surface area contributed by atoms with E-state index in [1.54, 1.807) is 0 Å². The molecule has 1 aromatic carbocycles. The number of hydrogen-bond acceptors (Lipinski definition) is 4. The molecule has 0 radical (unpaired) electrons. The summed E-state index contributed by atoms with van der Waals surface area (Å²) in [5.74, 6) is 1.54. The van der Waals surface area contributed by atoms with E-state index in [0.717, 1.165) is 31.6 Å². The topological polar surface area (TPSA) is 55.4 Å². The number of rotatable bonds is 6. The Kier molecular flexibility index (Phi) is 5.22. The maximum absolute atomic E-state index is 11.3. The summed E-state index contributed by atoms with van der Waals surface area (Å²) in [6.07, 6.45) is 2.40. The average molecular weight is 283 g/mol. The van der Waals surface area contributed by atoms with E-state index in [2.05, 4.69) is 5.32 Å². The molecular weight excluding hydrogens is 262 g/mol. The molecular formula is C14H21NO3S. The predicted molar refractivity (Wildman–Crippen MR) is 76.2 cm³/mol. The molecule has 1 fully saturated rings. The summed E-state index contributed by atoms with van der Waals surface area (Å²) in [5, 5.41) is 3.40. The lowest BCUT2D eigenvalue weighted by molar-refractivity contribution is 0.303. The number of hydrogen-bond donors (Lipinski definition) is 1. The van der Waals surface area contributed by atoms with Crippen LogP contribution in [-0.4, -0.2) is 39.1 Å². The van der Waals surface area contributed by atoms with E-state index in [0.29, 0.717) is 24.2 Å². The Hall–Kier alpha value is -1.07. The Morgan fingerprint density at radius 3 is 2.53 bits per heavy atom. The van der Waals surface area contributed by atoms with E-state index in [4.69, 9.17) is 4.74 Å². The first-order valence-electron chi connectivity index (χ1n) is 6.77. The predicted octanol–water partition coefficient (Wildman–Crippen LogP) is 1.62. The number of nitrogens with one attached hydrogen (secondary N) is 1. The van der Waals surface area contributed by atoms with Gasteiger partial charge in [0.1, 0.15) is 15.6 Å². The number of benzene rings is 1. The van der Waals surface area contributed by atoms with Gasteiger partial charge in [-0.1, -0.05) is 18.2 Å². The monoisotopic (exact) mass is 283 g/mol. The zero-order valence-electron chi connectivity index (χ0n) is 11.0. The lowest BCUT2D eigenvalue weighted by Gasteiger charge is -2.23.